The van der Waals surface area contributed by atoms with Crippen LogP contribution in [0.1, 0.15) is 5.76 Å². The molecule has 11 nitrogen and oxygen atoms in total. The molecule has 2 rings (SSSR count). The van der Waals surface area contributed by atoms with Crippen molar-refractivity contribution in [3.8, 4) is 0 Å². The Morgan fingerprint density at radius 2 is 1.78 bits per heavy atom. The third-order valence-corrected chi connectivity index (χ3v) is 2.56. The number of hydrogen-bond acceptors (Lipinski definition) is 10. The lowest BCUT2D eigenvalue weighted by molar-refractivity contribution is -0.402. The van der Waals surface area contributed by atoms with Gasteiger partial charge in [0.15, 0.2) is 5.76 Å². The van der Waals surface area contributed by atoms with Gasteiger partial charge in [-0.25, -0.2) is 5.43 Å². The van der Waals surface area contributed by atoms with Crippen molar-refractivity contribution in [1.29, 1.82) is 0 Å². The summed E-state index contributed by atoms with van der Waals surface area (Å²) in [5.74, 6) is 1.06. The fourth-order valence-electron chi connectivity index (χ4n) is 1.47. The van der Waals surface area contributed by atoms with E-state index in [0.717, 1.165) is 0 Å². The number of anilines is 3. The van der Waals surface area contributed by atoms with Crippen molar-refractivity contribution in [2.45, 2.75) is 0 Å². The highest BCUT2D eigenvalue weighted by Crippen LogP contribution is 2.15. The molecule has 0 unspecified atom stereocenters. The van der Waals surface area contributed by atoms with Crippen molar-refractivity contribution in [3.05, 3.63) is 28.0 Å². The van der Waals surface area contributed by atoms with Crippen molar-refractivity contribution in [1.82, 2.24) is 15.0 Å². The van der Waals surface area contributed by atoms with Crippen LogP contribution in [0.5, 0.6) is 0 Å². The number of rotatable bonds is 6. The summed E-state index contributed by atoms with van der Waals surface area (Å²) < 4.78 is 4.95. The van der Waals surface area contributed by atoms with Crippen molar-refractivity contribution in [2.24, 2.45) is 5.10 Å². The molecule has 23 heavy (non-hydrogen) atoms. The normalized spacial score (nSPS) is 10.8. The first-order valence-electron chi connectivity index (χ1n) is 6.51. The highest BCUT2D eigenvalue weighted by atomic mass is 16.6. The average molecular weight is 320 g/mol. The molecule has 0 spiro atoms. The van der Waals surface area contributed by atoms with Crippen LogP contribution in [0.25, 0.3) is 0 Å². The second-order valence-corrected chi connectivity index (χ2v) is 4.85. The summed E-state index contributed by atoms with van der Waals surface area (Å²) >= 11 is 0. The van der Waals surface area contributed by atoms with Crippen LogP contribution in [0.3, 0.4) is 0 Å². The van der Waals surface area contributed by atoms with E-state index in [1.165, 1.54) is 18.3 Å². The number of nitrogens with one attached hydrogen (secondary N) is 1. The smallest absolute Gasteiger partial charge is 0.400 e. The molecule has 2 aromatic heterocycles. The van der Waals surface area contributed by atoms with E-state index in [1.807, 2.05) is 28.2 Å². The molecule has 2 aromatic rings. The van der Waals surface area contributed by atoms with E-state index in [0.29, 0.717) is 11.9 Å². The summed E-state index contributed by atoms with van der Waals surface area (Å²) in [5, 5.41) is 14.4. The number of hydrazone groups is 1. The average Bonchev–Trinajstić information content (AvgIpc) is 2.96. The predicted octanol–water partition coefficient (Wildman–Crippen LogP) is 0.951. The van der Waals surface area contributed by atoms with Crippen LogP contribution in [-0.2, 0) is 0 Å². The van der Waals surface area contributed by atoms with Gasteiger partial charge < -0.3 is 14.2 Å². The second kappa shape index (κ2) is 6.68. The molecule has 0 atom stereocenters. The SMILES string of the molecule is CN(C)c1nc(N/N=C\c2ccc([N+](=O)[O-])o2)nc(N(C)C)n1. The van der Waals surface area contributed by atoms with E-state index in [1.54, 1.807) is 9.80 Å². The maximum Gasteiger partial charge on any atom is 0.433 e. The minimum atomic E-state index is -0.622. The lowest BCUT2D eigenvalue weighted by atomic mass is 10.5. The Bertz CT molecular complexity index is 699. The molecule has 0 aliphatic heterocycles. The highest BCUT2D eigenvalue weighted by molar-refractivity contribution is 5.76. The van der Waals surface area contributed by atoms with Gasteiger partial charge >= 0.3 is 5.88 Å². The van der Waals surface area contributed by atoms with Crippen LogP contribution in [0, 0.1) is 10.1 Å². The molecule has 0 radical (unpaired) electrons. The Morgan fingerprint density at radius 1 is 1.17 bits per heavy atom. The van der Waals surface area contributed by atoms with E-state index >= 15 is 0 Å². The fourth-order valence-corrected chi connectivity index (χ4v) is 1.47. The zero-order valence-electron chi connectivity index (χ0n) is 13.1. The number of hydrogen-bond donors (Lipinski definition) is 1. The maximum absolute atomic E-state index is 10.5. The van der Waals surface area contributed by atoms with Gasteiger partial charge in [-0.15, -0.1) is 0 Å². The van der Waals surface area contributed by atoms with Crippen molar-refractivity contribution >= 4 is 29.9 Å². The zero-order valence-corrected chi connectivity index (χ0v) is 13.1. The van der Waals surface area contributed by atoms with E-state index in [4.69, 9.17) is 4.42 Å². The van der Waals surface area contributed by atoms with Gasteiger partial charge in [-0.3, -0.25) is 10.1 Å². The number of aromatic nitrogens is 3. The molecule has 0 aliphatic carbocycles. The van der Waals surface area contributed by atoms with Gasteiger partial charge in [0.2, 0.25) is 17.8 Å². The van der Waals surface area contributed by atoms with E-state index in [9.17, 15) is 10.1 Å². The Balaban J connectivity index is 2.15. The fraction of sp³-hybridized carbons (Fsp3) is 0.333. The second-order valence-electron chi connectivity index (χ2n) is 4.85. The zero-order chi connectivity index (χ0) is 17.0. The maximum atomic E-state index is 10.5. The predicted molar refractivity (Wildman–Crippen MR) is 85.1 cm³/mol. The number of nitrogens with zero attached hydrogens (tertiary/aromatic N) is 7. The molecular formula is C12H16N8O3. The summed E-state index contributed by atoms with van der Waals surface area (Å²) in [6.45, 7) is 0. The largest absolute Gasteiger partial charge is 0.433 e. The van der Waals surface area contributed by atoms with Crippen LogP contribution in [0.4, 0.5) is 23.7 Å². The van der Waals surface area contributed by atoms with Gasteiger partial charge in [0.05, 0.1) is 12.3 Å². The molecule has 2 heterocycles. The van der Waals surface area contributed by atoms with Crippen molar-refractivity contribution < 1.29 is 9.34 Å². The topological polar surface area (TPSA) is 126 Å². The Kier molecular flexibility index (Phi) is 4.69. The van der Waals surface area contributed by atoms with Gasteiger partial charge in [-0.1, -0.05) is 0 Å². The number of nitro groups is 1. The molecule has 0 bridgehead atoms. The molecule has 0 aliphatic rings. The molecule has 1 N–H and O–H groups in total. The summed E-state index contributed by atoms with van der Waals surface area (Å²) in [6, 6.07) is 2.69. The van der Waals surface area contributed by atoms with Crippen molar-refractivity contribution in [2.75, 3.05) is 43.4 Å². The summed E-state index contributed by atoms with van der Waals surface area (Å²) in [6.07, 6.45) is 1.29. The molecule has 11 heteroatoms. The molecule has 0 saturated carbocycles. The molecule has 0 amide bonds. The van der Waals surface area contributed by atoms with Gasteiger partial charge in [-0.05, 0) is 6.07 Å². The molecule has 0 aromatic carbocycles. The van der Waals surface area contributed by atoms with Gasteiger partial charge in [0.25, 0.3) is 0 Å². The van der Waals surface area contributed by atoms with Gasteiger partial charge in [-0.2, -0.15) is 20.1 Å². The Hall–Kier alpha value is -3.24. The minimum absolute atomic E-state index is 0.235. The third-order valence-electron chi connectivity index (χ3n) is 2.56. The Labute approximate surface area is 131 Å². The molecular weight excluding hydrogens is 304 g/mol. The van der Waals surface area contributed by atoms with Crippen LogP contribution in [-0.4, -0.2) is 54.3 Å². The summed E-state index contributed by atoms with van der Waals surface area (Å²) in [5.41, 5.74) is 2.65. The quantitative estimate of drug-likeness (QED) is 0.470. The van der Waals surface area contributed by atoms with Crippen LogP contribution >= 0.6 is 0 Å². The van der Waals surface area contributed by atoms with Gasteiger partial charge in [0.1, 0.15) is 4.92 Å². The molecule has 0 saturated heterocycles. The Morgan fingerprint density at radius 3 is 2.26 bits per heavy atom. The van der Waals surface area contributed by atoms with Crippen LogP contribution in [0.15, 0.2) is 21.7 Å². The lowest BCUT2D eigenvalue weighted by Gasteiger charge is -2.15. The van der Waals surface area contributed by atoms with Crippen molar-refractivity contribution in [3.63, 3.8) is 0 Å². The summed E-state index contributed by atoms with van der Waals surface area (Å²) in [4.78, 5) is 26.0. The first kappa shape index (κ1) is 16.1. The van der Waals surface area contributed by atoms with Gasteiger partial charge in [0, 0.05) is 28.2 Å². The standard InChI is InChI=1S/C12H16N8O3/c1-18(2)11-14-10(15-12(16-11)19(3)4)17-13-7-8-5-6-9(23-8)20(21)22/h5-7H,1-4H3,(H,14,15,16,17)/b13-7-. The molecule has 122 valence electrons. The monoisotopic (exact) mass is 320 g/mol. The summed E-state index contributed by atoms with van der Waals surface area (Å²) in [7, 11) is 7.24. The van der Waals surface area contributed by atoms with E-state index < -0.39 is 4.92 Å². The van der Waals surface area contributed by atoms with Crippen LogP contribution in [0.2, 0.25) is 0 Å². The number of furan rings is 1. The lowest BCUT2D eigenvalue weighted by Crippen LogP contribution is -2.19. The third kappa shape index (κ3) is 4.12. The first-order valence-corrected chi connectivity index (χ1v) is 6.51. The van der Waals surface area contributed by atoms with E-state index in [2.05, 4.69) is 25.5 Å². The van der Waals surface area contributed by atoms with E-state index in [-0.39, 0.29) is 17.6 Å². The molecule has 0 fully saturated rings. The minimum Gasteiger partial charge on any atom is -0.400 e. The van der Waals surface area contributed by atoms with Crippen LogP contribution < -0.4 is 15.2 Å². The first-order chi connectivity index (χ1) is 10.9. The highest BCUT2D eigenvalue weighted by Gasteiger charge is 2.11.